The summed E-state index contributed by atoms with van der Waals surface area (Å²) in [6, 6.07) is 8.14. The SMILES string of the molecule is C[C@@H]1O[C@@H](c2ccccc2Br)[C@@H]2C(C=O)=CCC[C@@H]21. The van der Waals surface area contributed by atoms with Crippen LogP contribution in [0, 0.1) is 11.8 Å². The molecular formula is C16H17BrO2. The molecule has 2 nitrogen and oxygen atoms in total. The fraction of sp³-hybridized carbons (Fsp3) is 0.438. The van der Waals surface area contributed by atoms with Crippen LogP contribution in [-0.4, -0.2) is 12.4 Å². The molecule has 3 heteroatoms. The van der Waals surface area contributed by atoms with Crippen molar-refractivity contribution in [3.05, 3.63) is 46.0 Å². The summed E-state index contributed by atoms with van der Waals surface area (Å²) in [5.41, 5.74) is 2.07. The molecule has 1 heterocycles. The minimum atomic E-state index is -0.00711. The lowest BCUT2D eigenvalue weighted by molar-refractivity contribution is -0.105. The van der Waals surface area contributed by atoms with Gasteiger partial charge in [-0.15, -0.1) is 0 Å². The molecule has 0 radical (unpaired) electrons. The first-order valence-electron chi connectivity index (χ1n) is 6.77. The maximum absolute atomic E-state index is 11.3. The summed E-state index contributed by atoms with van der Waals surface area (Å²) in [5.74, 6) is 0.669. The van der Waals surface area contributed by atoms with E-state index in [4.69, 9.17) is 4.74 Å². The van der Waals surface area contributed by atoms with Gasteiger partial charge >= 0.3 is 0 Å². The predicted octanol–water partition coefficient (Wildman–Crippen LogP) is 4.06. The number of hydrogen-bond donors (Lipinski definition) is 0. The van der Waals surface area contributed by atoms with E-state index in [1.165, 1.54) is 0 Å². The van der Waals surface area contributed by atoms with Gasteiger partial charge in [0.25, 0.3) is 0 Å². The highest BCUT2D eigenvalue weighted by Crippen LogP contribution is 2.50. The number of hydrogen-bond acceptors (Lipinski definition) is 2. The number of benzene rings is 1. The van der Waals surface area contributed by atoms with Gasteiger partial charge in [0, 0.05) is 10.4 Å². The first-order valence-corrected chi connectivity index (χ1v) is 7.56. The Kier molecular flexibility index (Phi) is 3.59. The highest BCUT2D eigenvalue weighted by atomic mass is 79.9. The highest BCUT2D eigenvalue weighted by molar-refractivity contribution is 9.10. The number of rotatable bonds is 2. The number of allylic oxidation sites excluding steroid dienone is 1. The van der Waals surface area contributed by atoms with E-state index < -0.39 is 0 Å². The van der Waals surface area contributed by atoms with Crippen LogP contribution >= 0.6 is 15.9 Å². The molecule has 1 aliphatic heterocycles. The molecule has 4 atom stereocenters. The van der Waals surface area contributed by atoms with Gasteiger partial charge in [0.15, 0.2) is 0 Å². The van der Waals surface area contributed by atoms with Crippen molar-refractivity contribution < 1.29 is 9.53 Å². The van der Waals surface area contributed by atoms with Crippen LogP contribution in [0.2, 0.25) is 0 Å². The Labute approximate surface area is 122 Å². The summed E-state index contributed by atoms with van der Waals surface area (Å²) in [7, 11) is 0. The molecule has 2 aliphatic rings. The fourth-order valence-corrected chi connectivity index (χ4v) is 3.96. The van der Waals surface area contributed by atoms with Crippen molar-refractivity contribution in [3.8, 4) is 0 Å². The van der Waals surface area contributed by atoms with Gasteiger partial charge in [-0.25, -0.2) is 0 Å². The first kappa shape index (κ1) is 13.1. The van der Waals surface area contributed by atoms with Crippen LogP contribution in [0.4, 0.5) is 0 Å². The van der Waals surface area contributed by atoms with Crippen molar-refractivity contribution in [3.63, 3.8) is 0 Å². The molecule has 3 rings (SSSR count). The van der Waals surface area contributed by atoms with E-state index in [2.05, 4.69) is 35.0 Å². The molecule has 1 aromatic carbocycles. The first-order chi connectivity index (χ1) is 9.22. The second-order valence-electron chi connectivity index (χ2n) is 5.37. The Bertz CT molecular complexity index is 523. The molecule has 1 aromatic rings. The number of carbonyl (C=O) groups is 1. The topological polar surface area (TPSA) is 26.3 Å². The van der Waals surface area contributed by atoms with Crippen molar-refractivity contribution >= 4 is 22.2 Å². The van der Waals surface area contributed by atoms with Gasteiger partial charge in [-0.1, -0.05) is 40.2 Å². The molecule has 0 aromatic heterocycles. The van der Waals surface area contributed by atoms with Crippen LogP contribution in [-0.2, 0) is 9.53 Å². The quantitative estimate of drug-likeness (QED) is 0.768. The van der Waals surface area contributed by atoms with E-state index in [0.29, 0.717) is 5.92 Å². The fourth-order valence-electron chi connectivity index (χ4n) is 3.45. The van der Waals surface area contributed by atoms with E-state index in [0.717, 1.165) is 34.7 Å². The van der Waals surface area contributed by atoms with E-state index in [1.807, 2.05) is 18.2 Å². The number of ether oxygens (including phenoxy) is 1. The zero-order chi connectivity index (χ0) is 13.4. The van der Waals surface area contributed by atoms with Crippen molar-refractivity contribution in [2.45, 2.75) is 32.0 Å². The lowest BCUT2D eigenvalue weighted by Crippen LogP contribution is -2.24. The number of fused-ring (bicyclic) bond motifs is 1. The molecule has 0 saturated carbocycles. The lowest BCUT2D eigenvalue weighted by Gasteiger charge is -2.27. The van der Waals surface area contributed by atoms with Crippen molar-refractivity contribution in [1.29, 1.82) is 0 Å². The summed E-state index contributed by atoms with van der Waals surface area (Å²) in [4.78, 5) is 11.3. The predicted molar refractivity (Wildman–Crippen MR) is 77.8 cm³/mol. The molecule has 0 bridgehead atoms. The van der Waals surface area contributed by atoms with E-state index >= 15 is 0 Å². The maximum Gasteiger partial charge on any atom is 0.146 e. The third kappa shape index (κ3) is 2.19. The van der Waals surface area contributed by atoms with Crippen LogP contribution in [0.15, 0.2) is 40.4 Å². The molecule has 0 N–H and O–H groups in total. The molecule has 0 spiro atoms. The molecule has 0 amide bonds. The average molecular weight is 321 g/mol. The van der Waals surface area contributed by atoms with Crippen molar-refractivity contribution in [1.82, 2.24) is 0 Å². The van der Waals surface area contributed by atoms with Gasteiger partial charge in [0.05, 0.1) is 12.2 Å². The zero-order valence-corrected chi connectivity index (χ0v) is 12.5. The summed E-state index contributed by atoms with van der Waals surface area (Å²) in [6.45, 7) is 2.13. The van der Waals surface area contributed by atoms with Gasteiger partial charge in [-0.3, -0.25) is 4.79 Å². The van der Waals surface area contributed by atoms with Crippen LogP contribution in [0.1, 0.15) is 31.4 Å². The van der Waals surface area contributed by atoms with Gasteiger partial charge in [0.1, 0.15) is 6.29 Å². The average Bonchev–Trinajstić information content (AvgIpc) is 2.77. The van der Waals surface area contributed by atoms with E-state index in [-0.39, 0.29) is 18.1 Å². The van der Waals surface area contributed by atoms with Crippen LogP contribution < -0.4 is 0 Å². The van der Waals surface area contributed by atoms with Crippen LogP contribution in [0.5, 0.6) is 0 Å². The number of halogens is 1. The third-order valence-corrected chi connectivity index (χ3v) is 5.09. The second-order valence-corrected chi connectivity index (χ2v) is 6.23. The molecule has 1 fully saturated rings. The van der Waals surface area contributed by atoms with Crippen LogP contribution in [0.25, 0.3) is 0 Å². The van der Waals surface area contributed by atoms with Crippen LogP contribution in [0.3, 0.4) is 0 Å². The largest absolute Gasteiger partial charge is 0.370 e. The Morgan fingerprint density at radius 3 is 2.89 bits per heavy atom. The Morgan fingerprint density at radius 1 is 1.37 bits per heavy atom. The minimum absolute atomic E-state index is 0.00711. The van der Waals surface area contributed by atoms with Gasteiger partial charge in [-0.05, 0) is 42.9 Å². The smallest absolute Gasteiger partial charge is 0.146 e. The molecule has 19 heavy (non-hydrogen) atoms. The molecule has 0 unspecified atom stereocenters. The van der Waals surface area contributed by atoms with Gasteiger partial charge in [0.2, 0.25) is 0 Å². The maximum atomic E-state index is 11.3. The summed E-state index contributed by atoms with van der Waals surface area (Å²) >= 11 is 3.60. The third-order valence-electron chi connectivity index (χ3n) is 4.36. The Morgan fingerprint density at radius 2 is 2.16 bits per heavy atom. The Balaban J connectivity index is 2.02. The lowest BCUT2D eigenvalue weighted by atomic mass is 9.74. The van der Waals surface area contributed by atoms with Crippen molar-refractivity contribution in [2.75, 3.05) is 0 Å². The summed E-state index contributed by atoms with van der Waals surface area (Å²) in [5, 5.41) is 0. The molecule has 100 valence electrons. The van der Waals surface area contributed by atoms with E-state index in [1.54, 1.807) is 0 Å². The highest BCUT2D eigenvalue weighted by Gasteiger charge is 2.46. The van der Waals surface area contributed by atoms with Crippen molar-refractivity contribution in [2.24, 2.45) is 11.8 Å². The monoisotopic (exact) mass is 320 g/mol. The second kappa shape index (κ2) is 5.22. The summed E-state index contributed by atoms with van der Waals surface area (Å²) < 4.78 is 7.24. The number of aldehydes is 1. The zero-order valence-electron chi connectivity index (χ0n) is 10.9. The molecule has 1 aliphatic carbocycles. The molecular weight excluding hydrogens is 304 g/mol. The standard InChI is InChI=1S/C16H17BrO2/c1-10-12-7-4-5-11(9-18)15(12)16(19-10)13-6-2-3-8-14(13)17/h2-3,5-6,8-10,12,15-16H,4,7H2,1H3/t10-,12+,15+,16-/m0/s1. The van der Waals surface area contributed by atoms with E-state index in [9.17, 15) is 4.79 Å². The van der Waals surface area contributed by atoms with Gasteiger partial charge < -0.3 is 4.74 Å². The molecule has 1 saturated heterocycles. The van der Waals surface area contributed by atoms with Gasteiger partial charge in [-0.2, -0.15) is 0 Å². The Hall–Kier alpha value is -0.930. The normalized spacial score (nSPS) is 33.7. The summed E-state index contributed by atoms with van der Waals surface area (Å²) in [6.07, 6.45) is 5.41. The number of carbonyl (C=O) groups excluding carboxylic acids is 1. The minimum Gasteiger partial charge on any atom is -0.370 e.